The third-order valence-electron chi connectivity index (χ3n) is 4.76. The predicted octanol–water partition coefficient (Wildman–Crippen LogP) is 2.22. The normalized spacial score (nSPS) is 13.4. The largest absolute Gasteiger partial charge is 0.356 e. The fraction of sp³-hybridized carbons (Fsp3) is 0.619. The van der Waals surface area contributed by atoms with Crippen LogP contribution in [0.15, 0.2) is 35.3 Å². The van der Waals surface area contributed by atoms with Crippen LogP contribution in [0.2, 0.25) is 0 Å². The van der Waals surface area contributed by atoms with E-state index in [0.29, 0.717) is 19.1 Å². The van der Waals surface area contributed by atoms with Crippen LogP contribution in [0.1, 0.15) is 39.7 Å². The molecule has 1 amide bonds. The molecule has 6 heteroatoms. The minimum absolute atomic E-state index is 0.0455. The van der Waals surface area contributed by atoms with E-state index in [-0.39, 0.29) is 5.91 Å². The minimum atomic E-state index is -0.489. The van der Waals surface area contributed by atoms with Gasteiger partial charge in [0.15, 0.2) is 5.96 Å². The van der Waals surface area contributed by atoms with Crippen LogP contribution < -0.4 is 16.0 Å². The Hall–Kier alpha value is -2.08. The zero-order chi connectivity index (χ0) is 20.3. The fourth-order valence-corrected chi connectivity index (χ4v) is 2.65. The molecule has 1 atom stereocenters. The van der Waals surface area contributed by atoms with Gasteiger partial charge in [-0.3, -0.25) is 14.7 Å². The van der Waals surface area contributed by atoms with Crippen LogP contribution in [0.5, 0.6) is 0 Å². The zero-order valence-corrected chi connectivity index (χ0v) is 17.8. The molecule has 0 saturated carbocycles. The lowest BCUT2D eigenvalue weighted by molar-refractivity contribution is -0.128. The standard InChI is InChI=1S/C21H37N5O/c1-7-23-19(27)21(3,4)16-25-20(22-5)24-14-13-17(2)26(6)15-18-11-9-8-10-12-18/h8-12,17H,7,13-16H2,1-6H3,(H,23,27)(H2,22,24,25). The summed E-state index contributed by atoms with van der Waals surface area (Å²) in [5.74, 6) is 0.773. The summed E-state index contributed by atoms with van der Waals surface area (Å²) in [6, 6.07) is 11.0. The molecule has 0 bridgehead atoms. The molecule has 0 fully saturated rings. The number of carbonyl (C=O) groups excluding carboxylic acids is 1. The quantitative estimate of drug-likeness (QED) is 0.433. The molecule has 0 aliphatic heterocycles. The number of hydrogen-bond donors (Lipinski definition) is 3. The first-order valence-electron chi connectivity index (χ1n) is 9.77. The van der Waals surface area contributed by atoms with E-state index in [1.54, 1.807) is 7.05 Å². The van der Waals surface area contributed by atoms with Crippen molar-refractivity contribution in [2.45, 2.75) is 46.7 Å². The highest BCUT2D eigenvalue weighted by Crippen LogP contribution is 2.13. The molecule has 152 valence electrons. The van der Waals surface area contributed by atoms with Crippen molar-refractivity contribution >= 4 is 11.9 Å². The fourth-order valence-electron chi connectivity index (χ4n) is 2.65. The molecule has 1 rings (SSSR count). The maximum atomic E-state index is 12.1. The van der Waals surface area contributed by atoms with Gasteiger partial charge in [0.25, 0.3) is 0 Å². The van der Waals surface area contributed by atoms with Crippen LogP contribution in [0.25, 0.3) is 0 Å². The Morgan fingerprint density at radius 3 is 2.44 bits per heavy atom. The summed E-state index contributed by atoms with van der Waals surface area (Å²) in [4.78, 5) is 18.7. The van der Waals surface area contributed by atoms with E-state index in [9.17, 15) is 4.79 Å². The Morgan fingerprint density at radius 1 is 1.19 bits per heavy atom. The summed E-state index contributed by atoms with van der Waals surface area (Å²) in [7, 11) is 3.90. The van der Waals surface area contributed by atoms with Crippen LogP contribution >= 0.6 is 0 Å². The number of aliphatic imine (C=N–C) groups is 1. The minimum Gasteiger partial charge on any atom is -0.356 e. The average Bonchev–Trinajstić information content (AvgIpc) is 2.65. The van der Waals surface area contributed by atoms with Crippen LogP contribution in [0.3, 0.4) is 0 Å². The van der Waals surface area contributed by atoms with Gasteiger partial charge >= 0.3 is 0 Å². The maximum Gasteiger partial charge on any atom is 0.227 e. The van der Waals surface area contributed by atoms with E-state index in [1.165, 1.54) is 5.56 Å². The van der Waals surface area contributed by atoms with Crippen molar-refractivity contribution in [1.82, 2.24) is 20.9 Å². The van der Waals surface area contributed by atoms with Gasteiger partial charge in [0.1, 0.15) is 0 Å². The van der Waals surface area contributed by atoms with E-state index in [2.05, 4.69) is 64.1 Å². The Morgan fingerprint density at radius 2 is 1.85 bits per heavy atom. The molecule has 1 unspecified atom stereocenters. The Balaban J connectivity index is 2.36. The van der Waals surface area contributed by atoms with E-state index < -0.39 is 5.41 Å². The van der Waals surface area contributed by atoms with Crippen molar-refractivity contribution in [3.8, 4) is 0 Å². The van der Waals surface area contributed by atoms with Crippen LogP contribution in [0, 0.1) is 5.41 Å². The third-order valence-corrected chi connectivity index (χ3v) is 4.76. The van der Waals surface area contributed by atoms with Crippen molar-refractivity contribution in [2.24, 2.45) is 10.4 Å². The molecule has 0 aromatic heterocycles. The lowest BCUT2D eigenvalue weighted by Crippen LogP contribution is -2.48. The molecule has 0 aliphatic carbocycles. The molecule has 0 saturated heterocycles. The number of nitrogens with zero attached hydrogens (tertiary/aromatic N) is 2. The first-order chi connectivity index (χ1) is 12.8. The summed E-state index contributed by atoms with van der Waals surface area (Å²) in [6.45, 7) is 11.0. The Labute approximate surface area is 164 Å². The number of amides is 1. The molecule has 1 aromatic carbocycles. The number of guanidine groups is 1. The van der Waals surface area contributed by atoms with Gasteiger partial charge in [-0.15, -0.1) is 0 Å². The maximum absolute atomic E-state index is 12.1. The molecule has 27 heavy (non-hydrogen) atoms. The first-order valence-corrected chi connectivity index (χ1v) is 9.77. The molecule has 0 aliphatic rings. The number of nitrogens with one attached hydrogen (secondary N) is 3. The van der Waals surface area contributed by atoms with Crippen molar-refractivity contribution in [1.29, 1.82) is 0 Å². The second kappa shape index (κ2) is 11.6. The summed E-state index contributed by atoms with van der Waals surface area (Å²) < 4.78 is 0. The van der Waals surface area contributed by atoms with Gasteiger partial charge in [0.2, 0.25) is 5.91 Å². The first kappa shape index (κ1) is 23.0. The highest BCUT2D eigenvalue weighted by atomic mass is 16.2. The number of benzene rings is 1. The molecule has 1 aromatic rings. The third kappa shape index (κ3) is 8.43. The second-order valence-corrected chi connectivity index (χ2v) is 7.63. The topological polar surface area (TPSA) is 68.8 Å². The summed E-state index contributed by atoms with van der Waals surface area (Å²) in [6.07, 6.45) is 1.00. The zero-order valence-electron chi connectivity index (χ0n) is 17.8. The molecule has 6 nitrogen and oxygen atoms in total. The monoisotopic (exact) mass is 375 g/mol. The van der Waals surface area contributed by atoms with E-state index in [1.807, 2.05) is 26.8 Å². The Kier molecular flexibility index (Phi) is 9.86. The van der Waals surface area contributed by atoms with Gasteiger partial charge in [-0.05, 0) is 46.7 Å². The molecular weight excluding hydrogens is 338 g/mol. The van der Waals surface area contributed by atoms with Crippen LogP contribution in [0.4, 0.5) is 0 Å². The lowest BCUT2D eigenvalue weighted by Gasteiger charge is -2.26. The van der Waals surface area contributed by atoms with Gasteiger partial charge in [-0.1, -0.05) is 30.3 Å². The highest BCUT2D eigenvalue weighted by Gasteiger charge is 2.27. The summed E-state index contributed by atoms with van der Waals surface area (Å²) in [5.41, 5.74) is 0.835. The van der Waals surface area contributed by atoms with Crippen molar-refractivity contribution in [2.75, 3.05) is 33.7 Å². The highest BCUT2D eigenvalue weighted by molar-refractivity contribution is 5.84. The average molecular weight is 376 g/mol. The van der Waals surface area contributed by atoms with E-state index in [0.717, 1.165) is 25.5 Å². The molecule has 0 radical (unpaired) electrons. The van der Waals surface area contributed by atoms with Crippen molar-refractivity contribution in [3.63, 3.8) is 0 Å². The summed E-state index contributed by atoms with van der Waals surface area (Å²) >= 11 is 0. The van der Waals surface area contributed by atoms with E-state index >= 15 is 0 Å². The molecule has 0 heterocycles. The number of carbonyl (C=O) groups is 1. The van der Waals surface area contributed by atoms with Gasteiger partial charge in [0, 0.05) is 39.3 Å². The van der Waals surface area contributed by atoms with Crippen molar-refractivity contribution < 1.29 is 4.79 Å². The smallest absolute Gasteiger partial charge is 0.227 e. The van der Waals surface area contributed by atoms with Crippen molar-refractivity contribution in [3.05, 3.63) is 35.9 Å². The molecule has 0 spiro atoms. The van der Waals surface area contributed by atoms with Gasteiger partial charge < -0.3 is 16.0 Å². The van der Waals surface area contributed by atoms with Crippen LogP contribution in [-0.2, 0) is 11.3 Å². The summed E-state index contributed by atoms with van der Waals surface area (Å²) in [5, 5.41) is 9.47. The number of rotatable bonds is 10. The van der Waals surface area contributed by atoms with E-state index in [4.69, 9.17) is 0 Å². The number of hydrogen-bond acceptors (Lipinski definition) is 3. The Bertz CT molecular complexity index is 585. The van der Waals surface area contributed by atoms with Gasteiger partial charge in [-0.2, -0.15) is 0 Å². The van der Waals surface area contributed by atoms with Crippen LogP contribution in [-0.4, -0.2) is 56.5 Å². The SMILES string of the molecule is CCNC(=O)C(C)(C)CNC(=NC)NCCC(C)N(C)Cc1ccccc1. The lowest BCUT2D eigenvalue weighted by atomic mass is 9.92. The predicted molar refractivity (Wildman–Crippen MR) is 114 cm³/mol. The molecule has 3 N–H and O–H groups in total. The van der Waals surface area contributed by atoms with Gasteiger partial charge in [-0.25, -0.2) is 0 Å². The van der Waals surface area contributed by atoms with Gasteiger partial charge in [0.05, 0.1) is 5.41 Å². The second-order valence-electron chi connectivity index (χ2n) is 7.63. The molecular formula is C21H37N5O.